The Bertz CT molecular complexity index is 1340. The van der Waals surface area contributed by atoms with Gasteiger partial charge in [0.1, 0.15) is 12.4 Å². The van der Waals surface area contributed by atoms with Crippen molar-refractivity contribution in [2.75, 3.05) is 21.7 Å². The van der Waals surface area contributed by atoms with Crippen molar-refractivity contribution in [3.8, 4) is 0 Å². The van der Waals surface area contributed by atoms with Crippen molar-refractivity contribution >= 4 is 27.9 Å². The molecule has 0 saturated carbocycles. The highest BCUT2D eigenvalue weighted by Gasteiger charge is 2.58. The Hall–Kier alpha value is -3.73. The van der Waals surface area contributed by atoms with Gasteiger partial charge in [-0.3, -0.25) is 0 Å². The molecule has 0 radical (unpaired) electrons. The molecule has 36 heavy (non-hydrogen) atoms. The quantitative estimate of drug-likeness (QED) is 0.530. The Labute approximate surface area is 209 Å². The SMILES string of the molecule is C[C@H]1C[C@]2(CCN1C(=O)OCc1ccccc1)CN(c1ncccn1)S(=O)(=O)N2c1cccc(F)c1. The summed E-state index contributed by atoms with van der Waals surface area (Å²) in [6, 6.07) is 16.2. The zero-order chi connectivity index (χ0) is 25.3. The van der Waals surface area contributed by atoms with Crippen LogP contribution in [0.1, 0.15) is 25.3 Å². The molecule has 3 heterocycles. The van der Waals surface area contributed by atoms with Crippen molar-refractivity contribution in [2.45, 2.75) is 38.0 Å². The summed E-state index contributed by atoms with van der Waals surface area (Å²) in [7, 11) is -4.13. The van der Waals surface area contributed by atoms with Gasteiger partial charge in [0.25, 0.3) is 0 Å². The largest absolute Gasteiger partial charge is 0.445 e. The Morgan fingerprint density at radius 1 is 1.11 bits per heavy atom. The van der Waals surface area contributed by atoms with Crippen molar-refractivity contribution < 1.29 is 22.3 Å². The molecule has 3 aromatic rings. The van der Waals surface area contributed by atoms with E-state index in [-0.39, 0.29) is 37.4 Å². The summed E-state index contributed by atoms with van der Waals surface area (Å²) in [6.45, 7) is 2.37. The Balaban J connectivity index is 1.43. The first-order chi connectivity index (χ1) is 17.3. The molecule has 2 aliphatic rings. The second-order valence-electron chi connectivity index (χ2n) is 9.07. The first-order valence-electron chi connectivity index (χ1n) is 11.6. The molecule has 2 aliphatic heterocycles. The van der Waals surface area contributed by atoms with Crippen molar-refractivity contribution in [3.05, 3.63) is 84.4 Å². The van der Waals surface area contributed by atoms with E-state index < -0.39 is 27.7 Å². The highest BCUT2D eigenvalue weighted by atomic mass is 32.2. The number of hydrogen-bond donors (Lipinski definition) is 0. The maximum atomic E-state index is 14.2. The number of carbonyl (C=O) groups excluding carboxylic acids is 1. The summed E-state index contributed by atoms with van der Waals surface area (Å²) >= 11 is 0. The fraction of sp³-hybridized carbons (Fsp3) is 0.320. The number of piperidine rings is 1. The number of anilines is 2. The Morgan fingerprint density at radius 2 is 1.86 bits per heavy atom. The third-order valence-corrected chi connectivity index (χ3v) is 8.57. The Kier molecular flexibility index (Phi) is 6.25. The molecular weight excluding hydrogens is 485 g/mol. The van der Waals surface area contributed by atoms with Gasteiger partial charge in [-0.1, -0.05) is 36.4 Å². The monoisotopic (exact) mass is 511 g/mol. The van der Waals surface area contributed by atoms with Crippen LogP contribution in [0.3, 0.4) is 0 Å². The average Bonchev–Trinajstić information content (AvgIpc) is 3.09. The van der Waals surface area contributed by atoms with Crippen LogP contribution in [0.15, 0.2) is 73.1 Å². The van der Waals surface area contributed by atoms with Crippen LogP contribution in [-0.4, -0.2) is 54.0 Å². The number of likely N-dealkylation sites (tertiary alicyclic amines) is 1. The molecule has 5 rings (SSSR count). The first kappa shape index (κ1) is 24.0. The molecule has 1 amide bonds. The lowest BCUT2D eigenvalue weighted by Crippen LogP contribution is -2.58. The maximum Gasteiger partial charge on any atom is 0.410 e. The topological polar surface area (TPSA) is 95.9 Å². The Morgan fingerprint density at radius 3 is 2.56 bits per heavy atom. The molecular formula is C25H26FN5O4S. The number of aromatic nitrogens is 2. The van der Waals surface area contributed by atoms with Crippen LogP contribution < -0.4 is 8.61 Å². The summed E-state index contributed by atoms with van der Waals surface area (Å²) in [5.41, 5.74) is 0.173. The number of halogens is 1. The van der Waals surface area contributed by atoms with E-state index in [1.54, 1.807) is 17.0 Å². The number of rotatable bonds is 4. The molecule has 1 spiro atoms. The van der Waals surface area contributed by atoms with Crippen LogP contribution in [-0.2, 0) is 21.6 Å². The predicted octanol–water partition coefficient (Wildman–Crippen LogP) is 3.75. The van der Waals surface area contributed by atoms with Crippen LogP contribution in [0, 0.1) is 5.82 Å². The number of carbonyl (C=O) groups is 1. The van der Waals surface area contributed by atoms with Gasteiger partial charge in [0.15, 0.2) is 0 Å². The van der Waals surface area contributed by atoms with E-state index in [0.717, 1.165) is 9.87 Å². The van der Waals surface area contributed by atoms with E-state index in [4.69, 9.17) is 4.74 Å². The van der Waals surface area contributed by atoms with Crippen LogP contribution in [0.5, 0.6) is 0 Å². The molecule has 0 aliphatic carbocycles. The highest BCUT2D eigenvalue weighted by Crippen LogP contribution is 2.45. The predicted molar refractivity (Wildman–Crippen MR) is 132 cm³/mol. The lowest BCUT2D eigenvalue weighted by atomic mass is 9.83. The van der Waals surface area contributed by atoms with Gasteiger partial charge < -0.3 is 9.64 Å². The lowest BCUT2D eigenvalue weighted by molar-refractivity contribution is 0.0592. The minimum Gasteiger partial charge on any atom is -0.445 e. The van der Waals surface area contributed by atoms with Gasteiger partial charge in [0, 0.05) is 25.0 Å². The molecule has 0 unspecified atom stereocenters. The fourth-order valence-corrected chi connectivity index (χ4v) is 7.07. The molecule has 1 aromatic heterocycles. The van der Waals surface area contributed by atoms with E-state index in [1.165, 1.54) is 34.9 Å². The summed E-state index contributed by atoms with van der Waals surface area (Å²) in [5.74, 6) is -0.490. The molecule has 2 aromatic carbocycles. The second kappa shape index (κ2) is 9.38. The normalized spacial score (nSPS) is 23.2. The third kappa shape index (κ3) is 4.34. The minimum absolute atomic E-state index is 0.0492. The molecule has 9 nitrogen and oxygen atoms in total. The maximum absolute atomic E-state index is 14.2. The highest BCUT2D eigenvalue weighted by molar-refractivity contribution is 7.94. The molecule has 2 saturated heterocycles. The van der Waals surface area contributed by atoms with Gasteiger partial charge in [-0.25, -0.2) is 27.8 Å². The smallest absolute Gasteiger partial charge is 0.410 e. The lowest BCUT2D eigenvalue weighted by Gasteiger charge is -2.46. The summed E-state index contributed by atoms with van der Waals surface area (Å²) in [5, 5.41) is 0. The van der Waals surface area contributed by atoms with Crippen LogP contribution in [0.25, 0.3) is 0 Å². The molecule has 0 N–H and O–H groups in total. The van der Waals surface area contributed by atoms with Crippen molar-refractivity contribution in [3.63, 3.8) is 0 Å². The van der Waals surface area contributed by atoms with Crippen molar-refractivity contribution in [1.82, 2.24) is 14.9 Å². The van der Waals surface area contributed by atoms with Gasteiger partial charge in [0.05, 0.1) is 17.8 Å². The number of nitrogens with zero attached hydrogens (tertiary/aromatic N) is 5. The summed E-state index contributed by atoms with van der Waals surface area (Å²) < 4.78 is 49.8. The molecule has 11 heteroatoms. The van der Waals surface area contributed by atoms with Crippen LogP contribution in [0.2, 0.25) is 0 Å². The number of benzene rings is 2. The van der Waals surface area contributed by atoms with Gasteiger partial charge in [-0.05, 0) is 49.6 Å². The average molecular weight is 512 g/mol. The molecule has 2 atom stereocenters. The van der Waals surface area contributed by atoms with Crippen molar-refractivity contribution in [2.24, 2.45) is 0 Å². The van der Waals surface area contributed by atoms with Crippen molar-refractivity contribution in [1.29, 1.82) is 0 Å². The van der Waals surface area contributed by atoms with E-state index >= 15 is 0 Å². The zero-order valence-corrected chi connectivity index (χ0v) is 20.5. The first-order valence-corrected chi connectivity index (χ1v) is 13.0. The second-order valence-corrected chi connectivity index (χ2v) is 10.8. The van der Waals surface area contributed by atoms with E-state index in [0.29, 0.717) is 12.8 Å². The van der Waals surface area contributed by atoms with Gasteiger partial charge >= 0.3 is 16.3 Å². The third-order valence-electron chi connectivity index (χ3n) is 6.66. The number of amides is 1. The molecule has 0 bridgehead atoms. The minimum atomic E-state index is -4.13. The van der Waals surface area contributed by atoms with Crippen LogP contribution in [0.4, 0.5) is 20.8 Å². The van der Waals surface area contributed by atoms with E-state index in [9.17, 15) is 17.6 Å². The fourth-order valence-electron chi connectivity index (χ4n) is 5.07. The number of ether oxygens (including phenoxy) is 1. The summed E-state index contributed by atoms with van der Waals surface area (Å²) in [4.78, 5) is 22.8. The summed E-state index contributed by atoms with van der Waals surface area (Å²) in [6.07, 6.45) is 3.15. The molecule has 188 valence electrons. The van der Waals surface area contributed by atoms with Gasteiger partial charge in [0.2, 0.25) is 5.95 Å². The van der Waals surface area contributed by atoms with Crippen LogP contribution >= 0.6 is 0 Å². The standard InChI is InChI=1S/C25H26FN5O4S/c1-19-16-25(11-14-29(19)24(32)35-17-20-7-3-2-4-8-20)18-30(23-27-12-6-13-28-23)36(33,34)31(25)22-10-5-9-21(26)15-22/h2-10,12-13,15,19H,11,14,16-18H2,1H3/t19-,25+/m0/s1. The number of hydrogen-bond acceptors (Lipinski definition) is 6. The van der Waals surface area contributed by atoms with E-state index in [2.05, 4.69) is 9.97 Å². The van der Waals surface area contributed by atoms with E-state index in [1.807, 2.05) is 37.3 Å². The molecule has 2 fully saturated rings. The zero-order valence-electron chi connectivity index (χ0n) is 19.7. The van der Waals surface area contributed by atoms with Gasteiger partial charge in [-0.2, -0.15) is 8.42 Å². The van der Waals surface area contributed by atoms with Gasteiger partial charge in [-0.15, -0.1) is 0 Å².